The van der Waals surface area contributed by atoms with Gasteiger partial charge in [-0.25, -0.2) is 0 Å². The SMILES string of the molecule is Cc1cc(-c2c(-c3ccccc3)noc2C)ccc1C#N. The van der Waals surface area contributed by atoms with Gasteiger partial charge in [-0.15, -0.1) is 0 Å². The smallest absolute Gasteiger partial charge is 0.142 e. The third-order valence-corrected chi connectivity index (χ3v) is 3.55. The van der Waals surface area contributed by atoms with Crippen LogP contribution < -0.4 is 0 Å². The minimum Gasteiger partial charge on any atom is -0.360 e. The van der Waals surface area contributed by atoms with Crippen molar-refractivity contribution in [3.63, 3.8) is 0 Å². The molecule has 1 aromatic heterocycles. The molecule has 3 aromatic rings. The molecule has 102 valence electrons. The zero-order valence-electron chi connectivity index (χ0n) is 11.9. The number of benzene rings is 2. The quantitative estimate of drug-likeness (QED) is 0.691. The van der Waals surface area contributed by atoms with Gasteiger partial charge in [0.1, 0.15) is 11.5 Å². The summed E-state index contributed by atoms with van der Waals surface area (Å²) in [6.07, 6.45) is 0. The Morgan fingerprint density at radius 1 is 1.00 bits per heavy atom. The molecule has 0 spiro atoms. The van der Waals surface area contributed by atoms with E-state index in [1.807, 2.05) is 62.4 Å². The Balaban J connectivity index is 2.18. The van der Waals surface area contributed by atoms with Crippen molar-refractivity contribution in [2.75, 3.05) is 0 Å². The molecular formula is C18H14N2O. The fraction of sp³-hybridized carbons (Fsp3) is 0.111. The van der Waals surface area contributed by atoms with Crippen molar-refractivity contribution in [2.45, 2.75) is 13.8 Å². The van der Waals surface area contributed by atoms with Gasteiger partial charge < -0.3 is 4.52 Å². The van der Waals surface area contributed by atoms with Crippen LogP contribution in [-0.4, -0.2) is 5.16 Å². The molecule has 0 N–H and O–H groups in total. The number of aromatic nitrogens is 1. The van der Waals surface area contributed by atoms with E-state index >= 15 is 0 Å². The van der Waals surface area contributed by atoms with E-state index in [4.69, 9.17) is 9.78 Å². The zero-order valence-corrected chi connectivity index (χ0v) is 11.9. The maximum absolute atomic E-state index is 9.05. The van der Waals surface area contributed by atoms with E-state index in [-0.39, 0.29) is 0 Å². The molecule has 3 rings (SSSR count). The Labute approximate surface area is 123 Å². The standard InChI is InChI=1S/C18H14N2O/c1-12-10-15(8-9-16(12)11-19)17-13(2)21-20-18(17)14-6-4-3-5-7-14/h3-10H,1-2H3. The summed E-state index contributed by atoms with van der Waals surface area (Å²) in [5.41, 5.74) is 5.49. The predicted octanol–water partition coefficient (Wildman–Crippen LogP) is 4.50. The van der Waals surface area contributed by atoms with Crippen molar-refractivity contribution in [3.05, 3.63) is 65.4 Å². The first-order valence-corrected chi connectivity index (χ1v) is 6.73. The topological polar surface area (TPSA) is 49.8 Å². The second-order valence-electron chi connectivity index (χ2n) is 4.97. The largest absolute Gasteiger partial charge is 0.360 e. The fourth-order valence-corrected chi connectivity index (χ4v) is 2.45. The second-order valence-corrected chi connectivity index (χ2v) is 4.97. The summed E-state index contributed by atoms with van der Waals surface area (Å²) >= 11 is 0. The van der Waals surface area contributed by atoms with Gasteiger partial charge in [0, 0.05) is 5.56 Å². The molecule has 3 nitrogen and oxygen atoms in total. The highest BCUT2D eigenvalue weighted by molar-refractivity contribution is 5.82. The number of aryl methyl sites for hydroxylation is 2. The lowest BCUT2D eigenvalue weighted by Crippen LogP contribution is -1.87. The number of nitriles is 1. The van der Waals surface area contributed by atoms with Gasteiger partial charge in [0.05, 0.1) is 17.2 Å². The molecule has 0 fully saturated rings. The summed E-state index contributed by atoms with van der Waals surface area (Å²) in [7, 11) is 0. The number of nitrogens with zero attached hydrogens (tertiary/aromatic N) is 2. The number of rotatable bonds is 2. The molecule has 0 aliphatic heterocycles. The Bertz CT molecular complexity index is 826. The van der Waals surface area contributed by atoms with Gasteiger partial charge in [0.25, 0.3) is 0 Å². The van der Waals surface area contributed by atoms with Crippen LogP contribution in [-0.2, 0) is 0 Å². The van der Waals surface area contributed by atoms with E-state index in [9.17, 15) is 0 Å². The van der Waals surface area contributed by atoms with Gasteiger partial charge in [-0.3, -0.25) is 0 Å². The minimum atomic E-state index is 0.689. The van der Waals surface area contributed by atoms with E-state index in [0.29, 0.717) is 5.56 Å². The maximum Gasteiger partial charge on any atom is 0.142 e. The molecule has 0 unspecified atom stereocenters. The molecule has 0 atom stereocenters. The Morgan fingerprint density at radius 2 is 1.76 bits per heavy atom. The predicted molar refractivity (Wildman–Crippen MR) is 81.6 cm³/mol. The van der Waals surface area contributed by atoms with Crippen molar-refractivity contribution in [2.24, 2.45) is 0 Å². The van der Waals surface area contributed by atoms with Gasteiger partial charge in [-0.1, -0.05) is 41.6 Å². The van der Waals surface area contributed by atoms with E-state index in [0.717, 1.165) is 33.7 Å². The molecule has 0 amide bonds. The molecule has 0 saturated carbocycles. The monoisotopic (exact) mass is 274 g/mol. The number of hydrogen-bond acceptors (Lipinski definition) is 3. The first-order valence-electron chi connectivity index (χ1n) is 6.73. The van der Waals surface area contributed by atoms with Crippen LogP contribution in [0.3, 0.4) is 0 Å². The molecule has 0 saturated heterocycles. The molecule has 0 aliphatic carbocycles. The second kappa shape index (κ2) is 5.26. The molecule has 2 aromatic carbocycles. The summed E-state index contributed by atoms with van der Waals surface area (Å²) in [6.45, 7) is 3.84. The molecule has 1 heterocycles. The first kappa shape index (κ1) is 13.1. The molecule has 0 aliphatic rings. The Morgan fingerprint density at radius 3 is 2.43 bits per heavy atom. The van der Waals surface area contributed by atoms with Gasteiger partial charge in [0.2, 0.25) is 0 Å². The summed E-state index contributed by atoms with van der Waals surface area (Å²) in [5, 5.41) is 13.2. The summed E-state index contributed by atoms with van der Waals surface area (Å²) in [5.74, 6) is 0.776. The minimum absolute atomic E-state index is 0.689. The highest BCUT2D eigenvalue weighted by Crippen LogP contribution is 2.34. The van der Waals surface area contributed by atoms with E-state index in [1.165, 1.54) is 0 Å². The summed E-state index contributed by atoms with van der Waals surface area (Å²) in [6, 6.07) is 17.9. The third-order valence-electron chi connectivity index (χ3n) is 3.55. The third kappa shape index (κ3) is 2.32. The average Bonchev–Trinajstić information content (AvgIpc) is 2.90. The van der Waals surface area contributed by atoms with Crippen LogP contribution in [0.2, 0.25) is 0 Å². The lowest BCUT2D eigenvalue weighted by molar-refractivity contribution is 0.400. The lowest BCUT2D eigenvalue weighted by atomic mass is 9.96. The van der Waals surface area contributed by atoms with Crippen molar-refractivity contribution < 1.29 is 4.52 Å². The van der Waals surface area contributed by atoms with Gasteiger partial charge in [-0.2, -0.15) is 5.26 Å². The fourth-order valence-electron chi connectivity index (χ4n) is 2.45. The van der Waals surface area contributed by atoms with Crippen LogP contribution in [0.1, 0.15) is 16.9 Å². The molecular weight excluding hydrogens is 260 g/mol. The van der Waals surface area contributed by atoms with Crippen LogP contribution in [0.25, 0.3) is 22.4 Å². The van der Waals surface area contributed by atoms with E-state index in [1.54, 1.807) is 0 Å². The van der Waals surface area contributed by atoms with Crippen molar-refractivity contribution in [3.8, 4) is 28.5 Å². The summed E-state index contributed by atoms with van der Waals surface area (Å²) in [4.78, 5) is 0. The molecule has 3 heteroatoms. The van der Waals surface area contributed by atoms with Crippen LogP contribution >= 0.6 is 0 Å². The Kier molecular flexibility index (Phi) is 3.29. The van der Waals surface area contributed by atoms with Crippen molar-refractivity contribution >= 4 is 0 Å². The normalized spacial score (nSPS) is 10.3. The Hall–Kier alpha value is -2.86. The van der Waals surface area contributed by atoms with Crippen molar-refractivity contribution in [1.82, 2.24) is 5.16 Å². The lowest BCUT2D eigenvalue weighted by Gasteiger charge is -2.05. The van der Waals surface area contributed by atoms with E-state index < -0.39 is 0 Å². The molecule has 21 heavy (non-hydrogen) atoms. The van der Waals surface area contributed by atoms with Crippen LogP contribution in [0, 0.1) is 25.2 Å². The average molecular weight is 274 g/mol. The van der Waals surface area contributed by atoms with Gasteiger partial charge in [0.15, 0.2) is 0 Å². The molecule has 0 bridgehead atoms. The van der Waals surface area contributed by atoms with Crippen LogP contribution in [0.15, 0.2) is 53.1 Å². The highest BCUT2D eigenvalue weighted by Gasteiger charge is 2.16. The maximum atomic E-state index is 9.05. The van der Waals surface area contributed by atoms with Gasteiger partial charge >= 0.3 is 0 Å². The van der Waals surface area contributed by atoms with Gasteiger partial charge in [-0.05, 0) is 37.1 Å². The van der Waals surface area contributed by atoms with Crippen LogP contribution in [0.4, 0.5) is 0 Å². The van der Waals surface area contributed by atoms with Crippen LogP contribution in [0.5, 0.6) is 0 Å². The zero-order chi connectivity index (χ0) is 14.8. The van der Waals surface area contributed by atoms with E-state index in [2.05, 4.69) is 11.2 Å². The highest BCUT2D eigenvalue weighted by atomic mass is 16.5. The number of hydrogen-bond donors (Lipinski definition) is 0. The first-order chi connectivity index (χ1) is 10.2. The van der Waals surface area contributed by atoms with Crippen molar-refractivity contribution in [1.29, 1.82) is 5.26 Å². The summed E-state index contributed by atoms with van der Waals surface area (Å²) < 4.78 is 5.39. The molecule has 0 radical (unpaired) electrons.